The summed E-state index contributed by atoms with van der Waals surface area (Å²) in [4.78, 5) is 0. The van der Waals surface area contributed by atoms with Gasteiger partial charge in [-0.2, -0.15) is 0 Å². The highest BCUT2D eigenvalue weighted by atomic mass is 35.5. The maximum Gasteiger partial charge on any atom is 0.148 e. The fourth-order valence-electron chi connectivity index (χ4n) is 1.89. The monoisotopic (exact) mass is 244 g/mol. The molecule has 0 spiro atoms. The average molecular weight is 245 g/mol. The third kappa shape index (κ3) is 2.02. The summed E-state index contributed by atoms with van der Waals surface area (Å²) in [5.74, 6) is 0.0345. The van der Waals surface area contributed by atoms with Gasteiger partial charge in [-0.25, -0.2) is 4.39 Å². The molecule has 1 aliphatic rings. The second-order valence-electron chi connectivity index (χ2n) is 4.39. The van der Waals surface area contributed by atoms with E-state index in [0.29, 0.717) is 17.7 Å². The molecule has 0 bridgehead atoms. The van der Waals surface area contributed by atoms with E-state index in [9.17, 15) is 9.50 Å². The zero-order chi connectivity index (χ0) is 11.9. The van der Waals surface area contributed by atoms with Crippen molar-refractivity contribution in [1.82, 2.24) is 0 Å². The van der Waals surface area contributed by atoms with E-state index in [4.69, 9.17) is 16.3 Å². The molecule has 0 atom stereocenters. The van der Waals surface area contributed by atoms with E-state index < -0.39 is 11.4 Å². The van der Waals surface area contributed by atoms with Gasteiger partial charge in [0.15, 0.2) is 0 Å². The Bertz CT molecular complexity index is 428. The van der Waals surface area contributed by atoms with E-state index in [-0.39, 0.29) is 5.02 Å². The highest BCUT2D eigenvalue weighted by molar-refractivity contribution is 6.31. The minimum absolute atomic E-state index is 0.0811. The van der Waals surface area contributed by atoms with Crippen molar-refractivity contribution in [2.75, 3.05) is 7.11 Å². The number of halogens is 2. The van der Waals surface area contributed by atoms with E-state index in [2.05, 4.69) is 0 Å². The molecule has 2 nitrogen and oxygen atoms in total. The Labute approximate surface area is 99.0 Å². The maximum absolute atomic E-state index is 13.5. The molecule has 4 heteroatoms. The van der Waals surface area contributed by atoms with Crippen LogP contribution in [0.1, 0.15) is 24.0 Å². The molecule has 0 amide bonds. The summed E-state index contributed by atoms with van der Waals surface area (Å²) < 4.78 is 18.7. The molecule has 1 aromatic carbocycles. The van der Waals surface area contributed by atoms with Gasteiger partial charge in [0.25, 0.3) is 0 Å². The standard InChI is InChI=1S/C12H14ClFO2/c1-7-10(14)9(13)5-8(11(7)16-2)6-12(15)3-4-12/h5,15H,3-4,6H2,1-2H3. The first-order valence-electron chi connectivity index (χ1n) is 5.21. The quantitative estimate of drug-likeness (QED) is 0.886. The van der Waals surface area contributed by atoms with Crippen LogP contribution in [-0.2, 0) is 6.42 Å². The van der Waals surface area contributed by atoms with Gasteiger partial charge in [-0.3, -0.25) is 0 Å². The zero-order valence-electron chi connectivity index (χ0n) is 9.31. The molecule has 0 aromatic heterocycles. The summed E-state index contributed by atoms with van der Waals surface area (Å²) in [5.41, 5.74) is 0.529. The van der Waals surface area contributed by atoms with Crippen molar-refractivity contribution >= 4 is 11.6 Å². The maximum atomic E-state index is 13.5. The number of methoxy groups -OCH3 is 1. The highest BCUT2D eigenvalue weighted by Gasteiger charge is 2.41. The second kappa shape index (κ2) is 3.90. The molecule has 2 rings (SSSR count). The minimum Gasteiger partial charge on any atom is -0.496 e. The van der Waals surface area contributed by atoms with E-state index in [1.165, 1.54) is 7.11 Å². The average Bonchev–Trinajstić information content (AvgIpc) is 2.93. The molecule has 1 aliphatic carbocycles. The van der Waals surface area contributed by atoms with E-state index in [1.807, 2.05) is 0 Å². The Balaban J connectivity index is 2.43. The first kappa shape index (κ1) is 11.7. The fraction of sp³-hybridized carbons (Fsp3) is 0.500. The molecule has 16 heavy (non-hydrogen) atoms. The van der Waals surface area contributed by atoms with Crippen LogP contribution in [0.2, 0.25) is 5.02 Å². The van der Waals surface area contributed by atoms with E-state index in [0.717, 1.165) is 18.4 Å². The van der Waals surface area contributed by atoms with Gasteiger partial charge in [0, 0.05) is 12.0 Å². The first-order chi connectivity index (χ1) is 7.47. The van der Waals surface area contributed by atoms with Crippen LogP contribution in [-0.4, -0.2) is 17.8 Å². The van der Waals surface area contributed by atoms with Crippen molar-refractivity contribution in [3.05, 3.63) is 28.0 Å². The number of hydrogen-bond donors (Lipinski definition) is 1. The number of rotatable bonds is 3. The van der Waals surface area contributed by atoms with E-state index in [1.54, 1.807) is 13.0 Å². The fourth-order valence-corrected chi connectivity index (χ4v) is 2.17. The summed E-state index contributed by atoms with van der Waals surface area (Å²) in [5, 5.41) is 9.94. The van der Waals surface area contributed by atoms with Gasteiger partial charge >= 0.3 is 0 Å². The molecule has 88 valence electrons. The molecular formula is C12H14ClFO2. The summed E-state index contributed by atoms with van der Waals surface area (Å²) >= 11 is 5.79. The number of benzene rings is 1. The minimum atomic E-state index is -0.638. The van der Waals surface area contributed by atoms with Crippen LogP contribution in [0.5, 0.6) is 5.75 Å². The van der Waals surface area contributed by atoms with Crippen molar-refractivity contribution in [3.63, 3.8) is 0 Å². The Morgan fingerprint density at radius 3 is 2.69 bits per heavy atom. The SMILES string of the molecule is COc1c(CC2(O)CC2)cc(Cl)c(F)c1C. The second-order valence-corrected chi connectivity index (χ2v) is 4.80. The molecule has 1 aromatic rings. The Hall–Kier alpha value is -0.800. The predicted octanol–water partition coefficient (Wildman–Crippen LogP) is 2.86. The van der Waals surface area contributed by atoms with E-state index >= 15 is 0 Å². The first-order valence-corrected chi connectivity index (χ1v) is 5.58. The normalized spacial score (nSPS) is 17.3. The van der Waals surface area contributed by atoms with Gasteiger partial charge in [-0.15, -0.1) is 0 Å². The van der Waals surface area contributed by atoms with Crippen LogP contribution < -0.4 is 4.74 Å². The summed E-state index contributed by atoms with van der Waals surface area (Å²) in [7, 11) is 1.50. The highest BCUT2D eigenvalue weighted by Crippen LogP contribution is 2.42. The Kier molecular flexibility index (Phi) is 2.84. The van der Waals surface area contributed by atoms with Gasteiger partial charge < -0.3 is 9.84 Å². The Morgan fingerprint density at radius 1 is 1.56 bits per heavy atom. The van der Waals surface area contributed by atoms with Crippen molar-refractivity contribution in [2.45, 2.75) is 31.8 Å². The molecule has 1 saturated carbocycles. The van der Waals surface area contributed by atoms with Crippen LogP contribution in [0.3, 0.4) is 0 Å². The molecule has 0 saturated heterocycles. The van der Waals surface area contributed by atoms with Gasteiger partial charge in [0.05, 0.1) is 17.7 Å². The van der Waals surface area contributed by atoms with Crippen molar-refractivity contribution < 1.29 is 14.2 Å². The number of hydrogen-bond acceptors (Lipinski definition) is 2. The lowest BCUT2D eigenvalue weighted by Crippen LogP contribution is -2.12. The van der Waals surface area contributed by atoms with Crippen molar-refractivity contribution in [1.29, 1.82) is 0 Å². The van der Waals surface area contributed by atoms with Crippen molar-refractivity contribution in [2.24, 2.45) is 0 Å². The molecule has 0 aliphatic heterocycles. The number of ether oxygens (including phenoxy) is 1. The summed E-state index contributed by atoms with van der Waals surface area (Å²) in [6, 6.07) is 1.54. The predicted molar refractivity (Wildman–Crippen MR) is 60.6 cm³/mol. The van der Waals surface area contributed by atoms with Crippen LogP contribution >= 0.6 is 11.6 Å². The number of aliphatic hydroxyl groups is 1. The third-order valence-electron chi connectivity index (χ3n) is 3.02. The molecule has 0 radical (unpaired) electrons. The topological polar surface area (TPSA) is 29.5 Å². The molecule has 0 unspecified atom stereocenters. The van der Waals surface area contributed by atoms with Crippen molar-refractivity contribution in [3.8, 4) is 5.75 Å². The lowest BCUT2D eigenvalue weighted by molar-refractivity contribution is 0.150. The van der Waals surface area contributed by atoms with Gasteiger partial charge in [-0.05, 0) is 31.4 Å². The molecular weight excluding hydrogens is 231 g/mol. The smallest absolute Gasteiger partial charge is 0.148 e. The van der Waals surface area contributed by atoms with Crippen LogP contribution in [0, 0.1) is 12.7 Å². The van der Waals surface area contributed by atoms with Gasteiger partial charge in [-0.1, -0.05) is 11.6 Å². The zero-order valence-corrected chi connectivity index (χ0v) is 10.1. The lowest BCUT2D eigenvalue weighted by atomic mass is 10.0. The molecule has 1 N–H and O–H groups in total. The molecule has 1 fully saturated rings. The third-order valence-corrected chi connectivity index (χ3v) is 3.30. The van der Waals surface area contributed by atoms with Gasteiger partial charge in [0.2, 0.25) is 0 Å². The van der Waals surface area contributed by atoms with Crippen LogP contribution in [0.4, 0.5) is 4.39 Å². The largest absolute Gasteiger partial charge is 0.496 e. The van der Waals surface area contributed by atoms with Crippen LogP contribution in [0.15, 0.2) is 6.07 Å². The molecule has 0 heterocycles. The summed E-state index contributed by atoms with van der Waals surface area (Å²) in [6.45, 7) is 1.63. The summed E-state index contributed by atoms with van der Waals surface area (Å²) in [6.07, 6.45) is 2.03. The Morgan fingerprint density at radius 2 is 2.19 bits per heavy atom. The lowest BCUT2D eigenvalue weighted by Gasteiger charge is -2.15. The van der Waals surface area contributed by atoms with Gasteiger partial charge in [0.1, 0.15) is 11.6 Å². The van der Waals surface area contributed by atoms with Crippen LogP contribution in [0.25, 0.3) is 0 Å².